The van der Waals surface area contributed by atoms with Crippen molar-refractivity contribution in [3.8, 4) is 0 Å². The van der Waals surface area contributed by atoms with Gasteiger partial charge in [0.05, 0.1) is 8.07 Å². The Morgan fingerprint density at radius 1 is 0.433 bits per heavy atom. The molecular weight excluding hydrogens is 376 g/mol. The summed E-state index contributed by atoms with van der Waals surface area (Å²) in [6, 6.07) is 4.61. The van der Waals surface area contributed by atoms with E-state index in [2.05, 4.69) is 39.5 Å². The lowest BCUT2D eigenvalue weighted by Crippen LogP contribution is -2.28. The zero-order chi connectivity index (χ0) is 22.2. The van der Waals surface area contributed by atoms with Crippen LogP contribution in [0.5, 0.6) is 0 Å². The Hall–Kier alpha value is -0.0431. The molecule has 180 valence electrons. The first-order valence-electron chi connectivity index (χ1n) is 14.3. The van der Waals surface area contributed by atoms with Crippen LogP contribution in [0.15, 0.2) is 12.2 Å². The van der Waals surface area contributed by atoms with Crippen molar-refractivity contribution in [2.45, 2.75) is 174 Å². The van der Waals surface area contributed by atoms with Gasteiger partial charge in [-0.25, -0.2) is 0 Å². The Kier molecular flexibility index (Phi) is 23.6. The van der Waals surface area contributed by atoms with Crippen LogP contribution in [-0.4, -0.2) is 8.07 Å². The molecule has 0 heterocycles. The SMILES string of the molecule is CCCCCC=CC[Si](C)(CCCCCCCCCC)CCCCCCCCCC. The van der Waals surface area contributed by atoms with Gasteiger partial charge in [-0.1, -0.05) is 167 Å². The first-order valence-corrected chi connectivity index (χ1v) is 17.5. The van der Waals surface area contributed by atoms with E-state index in [-0.39, 0.29) is 0 Å². The van der Waals surface area contributed by atoms with Crippen LogP contribution in [0.4, 0.5) is 0 Å². The van der Waals surface area contributed by atoms with Crippen molar-refractivity contribution in [1.82, 2.24) is 0 Å². The molecule has 0 amide bonds. The summed E-state index contributed by atoms with van der Waals surface area (Å²) < 4.78 is 0. The van der Waals surface area contributed by atoms with Gasteiger partial charge >= 0.3 is 0 Å². The Labute approximate surface area is 194 Å². The Morgan fingerprint density at radius 3 is 1.23 bits per heavy atom. The van der Waals surface area contributed by atoms with E-state index >= 15 is 0 Å². The minimum absolute atomic E-state index is 1.07. The third-order valence-electron chi connectivity index (χ3n) is 7.02. The molecule has 0 radical (unpaired) electrons. The monoisotopic (exact) mass is 436 g/mol. The summed E-state index contributed by atoms with van der Waals surface area (Å²) in [4.78, 5) is 0. The highest BCUT2D eigenvalue weighted by molar-refractivity contribution is 6.79. The van der Waals surface area contributed by atoms with Gasteiger partial charge < -0.3 is 0 Å². The minimum atomic E-state index is -1.07. The molecule has 0 fully saturated rings. The quantitative estimate of drug-likeness (QED) is 0.0801. The van der Waals surface area contributed by atoms with Crippen molar-refractivity contribution >= 4 is 8.07 Å². The molecule has 0 unspecified atom stereocenters. The van der Waals surface area contributed by atoms with Crippen LogP contribution in [0.3, 0.4) is 0 Å². The van der Waals surface area contributed by atoms with Gasteiger partial charge in [0.25, 0.3) is 0 Å². The lowest BCUT2D eigenvalue weighted by Gasteiger charge is -2.26. The lowest BCUT2D eigenvalue weighted by molar-refractivity contribution is 0.579. The first kappa shape index (κ1) is 30.0. The zero-order valence-electron chi connectivity index (χ0n) is 21.9. The fourth-order valence-electron chi connectivity index (χ4n) is 4.70. The fourth-order valence-corrected chi connectivity index (χ4v) is 8.30. The van der Waals surface area contributed by atoms with Gasteiger partial charge in [0.1, 0.15) is 0 Å². The van der Waals surface area contributed by atoms with E-state index in [0.29, 0.717) is 0 Å². The van der Waals surface area contributed by atoms with Crippen LogP contribution in [0, 0.1) is 0 Å². The molecule has 0 aliphatic carbocycles. The third-order valence-corrected chi connectivity index (χ3v) is 11.4. The first-order chi connectivity index (χ1) is 14.7. The molecule has 30 heavy (non-hydrogen) atoms. The predicted octanol–water partition coefficient (Wildman–Crippen LogP) is 11.5. The molecule has 0 rings (SSSR count). The largest absolute Gasteiger partial charge is 0.0912 e. The molecular formula is C29H60Si. The van der Waals surface area contributed by atoms with Gasteiger partial charge in [0.2, 0.25) is 0 Å². The molecule has 0 atom stereocenters. The Balaban J connectivity index is 4.11. The van der Waals surface area contributed by atoms with E-state index in [0.717, 1.165) is 0 Å². The van der Waals surface area contributed by atoms with Gasteiger partial charge in [-0.15, -0.1) is 0 Å². The maximum Gasteiger partial charge on any atom is 0.0542 e. The topological polar surface area (TPSA) is 0 Å². The zero-order valence-corrected chi connectivity index (χ0v) is 22.9. The number of rotatable bonds is 24. The molecule has 0 aliphatic rings. The van der Waals surface area contributed by atoms with Crippen LogP contribution in [0.25, 0.3) is 0 Å². The number of allylic oxidation sites excluding steroid dienone is 2. The van der Waals surface area contributed by atoms with Gasteiger partial charge in [0, 0.05) is 0 Å². The molecule has 0 N–H and O–H groups in total. The van der Waals surface area contributed by atoms with E-state index in [9.17, 15) is 0 Å². The summed E-state index contributed by atoms with van der Waals surface area (Å²) in [5.41, 5.74) is 0. The van der Waals surface area contributed by atoms with Crippen LogP contribution >= 0.6 is 0 Å². The molecule has 0 aromatic heterocycles. The highest BCUT2D eigenvalue weighted by Crippen LogP contribution is 2.28. The maximum atomic E-state index is 2.73. The van der Waals surface area contributed by atoms with E-state index in [4.69, 9.17) is 0 Å². The number of unbranched alkanes of at least 4 members (excludes halogenated alkanes) is 17. The van der Waals surface area contributed by atoms with E-state index in [1.165, 1.54) is 134 Å². The third kappa shape index (κ3) is 21.2. The highest BCUT2D eigenvalue weighted by Gasteiger charge is 2.24. The summed E-state index contributed by atoms with van der Waals surface area (Å²) in [6.07, 6.45) is 34.0. The van der Waals surface area contributed by atoms with Crippen molar-refractivity contribution in [2.75, 3.05) is 0 Å². The van der Waals surface area contributed by atoms with Crippen molar-refractivity contribution in [3.63, 3.8) is 0 Å². The summed E-state index contributed by atoms with van der Waals surface area (Å²) >= 11 is 0. The smallest absolute Gasteiger partial charge is 0.0542 e. The van der Waals surface area contributed by atoms with Gasteiger partial charge in [-0.3, -0.25) is 0 Å². The molecule has 0 saturated carbocycles. The van der Waals surface area contributed by atoms with Gasteiger partial charge in [-0.05, 0) is 18.9 Å². The van der Waals surface area contributed by atoms with Crippen molar-refractivity contribution < 1.29 is 0 Å². The van der Waals surface area contributed by atoms with Crippen molar-refractivity contribution in [3.05, 3.63) is 12.2 Å². The second kappa shape index (κ2) is 23.6. The number of hydrogen-bond acceptors (Lipinski definition) is 0. The van der Waals surface area contributed by atoms with E-state index in [1.807, 2.05) is 0 Å². The Morgan fingerprint density at radius 2 is 0.800 bits per heavy atom. The molecule has 1 heteroatoms. The number of hydrogen-bond donors (Lipinski definition) is 0. The molecule has 0 spiro atoms. The molecule has 0 nitrogen and oxygen atoms in total. The van der Waals surface area contributed by atoms with Crippen LogP contribution < -0.4 is 0 Å². The highest BCUT2D eigenvalue weighted by atomic mass is 28.3. The fraction of sp³-hybridized carbons (Fsp3) is 0.931. The van der Waals surface area contributed by atoms with Crippen molar-refractivity contribution in [1.29, 1.82) is 0 Å². The normalized spacial score (nSPS) is 12.3. The Bertz CT molecular complexity index is 326. The molecule has 0 aromatic carbocycles. The average Bonchev–Trinajstić information content (AvgIpc) is 2.74. The van der Waals surface area contributed by atoms with E-state index in [1.54, 1.807) is 12.1 Å². The van der Waals surface area contributed by atoms with Crippen LogP contribution in [0.2, 0.25) is 24.7 Å². The second-order valence-electron chi connectivity index (χ2n) is 10.4. The summed E-state index contributed by atoms with van der Waals surface area (Å²) in [6.45, 7) is 9.67. The molecule has 0 aromatic rings. The van der Waals surface area contributed by atoms with E-state index < -0.39 is 8.07 Å². The second-order valence-corrected chi connectivity index (χ2v) is 15.5. The minimum Gasteiger partial charge on any atom is -0.0912 e. The average molecular weight is 437 g/mol. The summed E-state index contributed by atoms with van der Waals surface area (Å²) in [5.74, 6) is 0. The van der Waals surface area contributed by atoms with Crippen LogP contribution in [-0.2, 0) is 0 Å². The standard InChI is InChI=1S/C29H60Si/c1-5-8-11-14-17-19-22-25-28-30(4,27-24-21-16-13-10-7-3)29-26-23-20-18-15-12-9-6-2/h21,24H,5-20,22-23,25-29H2,1-4H3. The maximum absolute atomic E-state index is 2.73. The summed E-state index contributed by atoms with van der Waals surface area (Å²) in [5, 5.41) is 0. The predicted molar refractivity (Wildman–Crippen MR) is 145 cm³/mol. The van der Waals surface area contributed by atoms with Gasteiger partial charge in [0.15, 0.2) is 0 Å². The summed E-state index contributed by atoms with van der Waals surface area (Å²) in [7, 11) is -1.07. The molecule has 0 bridgehead atoms. The molecule has 0 saturated heterocycles. The molecule has 0 aliphatic heterocycles. The van der Waals surface area contributed by atoms with Crippen LogP contribution in [0.1, 0.15) is 149 Å². The van der Waals surface area contributed by atoms with Crippen molar-refractivity contribution in [2.24, 2.45) is 0 Å². The lowest BCUT2D eigenvalue weighted by atomic mass is 10.1. The van der Waals surface area contributed by atoms with Gasteiger partial charge in [-0.2, -0.15) is 0 Å².